The molecule has 2 bridgehead atoms. The van der Waals surface area contributed by atoms with E-state index in [-0.39, 0.29) is 24.7 Å². The standard InChI is InChI=1S/C26H32O10/c1-14-21-22(30)26(13-32-15(2)27)20(6-5-8-24(26)12-33-24)25(14,23(36-21)35-17(4)29)10-19(34-16(3)28)18-7-9-31-11-18/h7,9,11,14,19-21,23H,5-6,8,10,12-13H2,1-4H3. The second-order valence-corrected chi connectivity index (χ2v) is 10.6. The number of epoxide rings is 1. The minimum atomic E-state index is -1.17. The Hall–Kier alpha value is -2.72. The minimum absolute atomic E-state index is 0.142. The molecular formula is C26H32O10. The Kier molecular flexibility index (Phi) is 6.02. The van der Waals surface area contributed by atoms with Gasteiger partial charge in [-0.3, -0.25) is 19.2 Å². The Morgan fingerprint density at radius 1 is 1.17 bits per heavy atom. The van der Waals surface area contributed by atoms with Gasteiger partial charge in [0.05, 0.1) is 19.1 Å². The lowest BCUT2D eigenvalue weighted by molar-refractivity contribution is -0.213. The largest absolute Gasteiger partial charge is 0.472 e. The van der Waals surface area contributed by atoms with Gasteiger partial charge in [0.2, 0.25) is 6.29 Å². The van der Waals surface area contributed by atoms with Crippen molar-refractivity contribution < 1.29 is 47.3 Å². The number of hydrogen-bond acceptors (Lipinski definition) is 10. The molecule has 0 N–H and O–H groups in total. The summed E-state index contributed by atoms with van der Waals surface area (Å²) in [5.41, 5.74) is -2.22. The average molecular weight is 505 g/mol. The van der Waals surface area contributed by atoms with Gasteiger partial charge in [-0.2, -0.15) is 0 Å². The summed E-state index contributed by atoms with van der Waals surface area (Å²) in [6.07, 6.45) is 2.57. The summed E-state index contributed by atoms with van der Waals surface area (Å²) in [4.78, 5) is 50.5. The lowest BCUT2D eigenvalue weighted by atomic mass is 9.43. The van der Waals surface area contributed by atoms with Gasteiger partial charge in [-0.1, -0.05) is 13.3 Å². The highest BCUT2D eigenvalue weighted by atomic mass is 16.7. The van der Waals surface area contributed by atoms with Crippen LogP contribution < -0.4 is 0 Å². The van der Waals surface area contributed by atoms with E-state index >= 15 is 0 Å². The Labute approximate surface area is 208 Å². The highest BCUT2D eigenvalue weighted by Crippen LogP contribution is 2.72. The fourth-order valence-corrected chi connectivity index (χ4v) is 7.33. The molecule has 0 amide bonds. The summed E-state index contributed by atoms with van der Waals surface area (Å²) < 4.78 is 34.6. The van der Waals surface area contributed by atoms with E-state index in [0.29, 0.717) is 25.0 Å². The number of hydrogen-bond donors (Lipinski definition) is 0. The Morgan fingerprint density at radius 3 is 2.50 bits per heavy atom. The summed E-state index contributed by atoms with van der Waals surface area (Å²) in [6.45, 7) is 6.08. The second-order valence-electron chi connectivity index (χ2n) is 10.6. The molecule has 0 radical (unpaired) electrons. The van der Waals surface area contributed by atoms with Crippen molar-refractivity contribution in [2.24, 2.45) is 22.7 Å². The first-order chi connectivity index (χ1) is 17.1. The van der Waals surface area contributed by atoms with Crippen molar-refractivity contribution in [2.45, 2.75) is 77.5 Å². The molecule has 3 heterocycles. The Balaban J connectivity index is 1.67. The number of carbonyl (C=O) groups excluding carboxylic acids is 4. The van der Waals surface area contributed by atoms with Gasteiger partial charge in [0.25, 0.3) is 0 Å². The van der Waals surface area contributed by atoms with Crippen molar-refractivity contribution in [3.8, 4) is 0 Å². The van der Waals surface area contributed by atoms with Gasteiger partial charge >= 0.3 is 17.9 Å². The quantitative estimate of drug-likeness (QED) is 0.310. The third kappa shape index (κ3) is 3.52. The van der Waals surface area contributed by atoms with Crippen LogP contribution in [0.4, 0.5) is 0 Å². The minimum Gasteiger partial charge on any atom is -0.472 e. The molecule has 2 aliphatic heterocycles. The lowest BCUT2D eigenvalue weighted by Crippen LogP contribution is -2.68. The molecule has 1 aromatic heterocycles. The van der Waals surface area contributed by atoms with Gasteiger partial charge in [0.15, 0.2) is 5.78 Å². The van der Waals surface area contributed by atoms with Crippen LogP contribution >= 0.6 is 0 Å². The van der Waals surface area contributed by atoms with Gasteiger partial charge in [-0.15, -0.1) is 0 Å². The average Bonchev–Trinajstić information content (AvgIpc) is 3.28. The van der Waals surface area contributed by atoms with Crippen LogP contribution in [0.2, 0.25) is 0 Å². The first kappa shape index (κ1) is 25.0. The number of carbonyl (C=O) groups is 4. The fraction of sp³-hybridized carbons (Fsp3) is 0.692. The van der Waals surface area contributed by atoms with Gasteiger partial charge in [0.1, 0.15) is 29.8 Å². The van der Waals surface area contributed by atoms with Crippen LogP contribution in [0.5, 0.6) is 0 Å². The molecule has 36 heavy (non-hydrogen) atoms. The molecule has 4 fully saturated rings. The molecular weight excluding hydrogens is 472 g/mol. The van der Waals surface area contributed by atoms with E-state index in [1.807, 2.05) is 6.92 Å². The molecule has 4 aliphatic rings. The van der Waals surface area contributed by atoms with Gasteiger partial charge in [-0.25, -0.2) is 0 Å². The van der Waals surface area contributed by atoms with Gasteiger partial charge in [0, 0.05) is 44.1 Å². The lowest BCUT2D eigenvalue weighted by Gasteiger charge is -2.58. The number of fused-ring (bicyclic) bond motifs is 5. The molecule has 196 valence electrons. The van der Waals surface area contributed by atoms with Crippen LogP contribution in [0.3, 0.4) is 0 Å². The zero-order valence-corrected chi connectivity index (χ0v) is 20.9. The van der Waals surface area contributed by atoms with Crippen LogP contribution in [0, 0.1) is 22.7 Å². The predicted octanol–water partition coefficient (Wildman–Crippen LogP) is 2.89. The number of esters is 3. The van der Waals surface area contributed by atoms with E-state index < -0.39 is 58.8 Å². The molecule has 5 rings (SSSR count). The SMILES string of the molecule is CC(=O)OCC12C(=O)C3OC(OC(C)=O)C(CC(OC(C)=O)c4ccoc4)(C3C)C1CCCC21CO1. The Bertz CT molecular complexity index is 1060. The van der Waals surface area contributed by atoms with Crippen LogP contribution in [0.1, 0.15) is 65.0 Å². The summed E-state index contributed by atoms with van der Waals surface area (Å²) in [5.74, 6) is -2.49. The molecule has 2 aliphatic carbocycles. The highest BCUT2D eigenvalue weighted by molar-refractivity contribution is 5.94. The third-order valence-electron chi connectivity index (χ3n) is 8.87. The Morgan fingerprint density at radius 2 is 1.92 bits per heavy atom. The molecule has 2 saturated carbocycles. The van der Waals surface area contributed by atoms with Crippen molar-refractivity contribution >= 4 is 23.7 Å². The maximum atomic E-state index is 14.2. The molecule has 8 unspecified atom stereocenters. The predicted molar refractivity (Wildman–Crippen MR) is 120 cm³/mol. The molecule has 1 aromatic rings. The van der Waals surface area contributed by atoms with Crippen molar-refractivity contribution in [1.29, 1.82) is 0 Å². The number of Topliss-reactive ketones (excluding diaryl/α,β-unsaturated/α-hetero) is 1. The molecule has 10 heteroatoms. The summed E-state index contributed by atoms with van der Waals surface area (Å²) in [6, 6.07) is 1.72. The van der Waals surface area contributed by atoms with Crippen molar-refractivity contribution in [2.75, 3.05) is 13.2 Å². The van der Waals surface area contributed by atoms with Gasteiger partial charge < -0.3 is 28.1 Å². The fourth-order valence-electron chi connectivity index (χ4n) is 7.33. The maximum absolute atomic E-state index is 14.2. The number of ether oxygens (including phenoxy) is 5. The number of ketones is 1. The van der Waals surface area contributed by atoms with Crippen LogP contribution in [-0.2, 0) is 42.9 Å². The van der Waals surface area contributed by atoms with Crippen LogP contribution in [0.15, 0.2) is 23.0 Å². The molecule has 1 spiro atoms. The van der Waals surface area contributed by atoms with Crippen molar-refractivity contribution in [3.05, 3.63) is 24.2 Å². The van der Waals surface area contributed by atoms with Gasteiger partial charge in [-0.05, 0) is 24.8 Å². The molecule has 0 aromatic carbocycles. The topological polar surface area (TPSA) is 131 Å². The van der Waals surface area contributed by atoms with E-state index in [9.17, 15) is 19.2 Å². The van der Waals surface area contributed by atoms with Crippen molar-refractivity contribution in [3.63, 3.8) is 0 Å². The highest BCUT2D eigenvalue weighted by Gasteiger charge is 2.81. The van der Waals surface area contributed by atoms with E-state index in [4.69, 9.17) is 28.1 Å². The summed E-state index contributed by atoms with van der Waals surface area (Å²) in [5, 5.41) is 0. The normalized spacial score (nSPS) is 39.3. The second kappa shape index (κ2) is 8.69. The van der Waals surface area contributed by atoms with E-state index in [1.54, 1.807) is 6.07 Å². The first-order valence-electron chi connectivity index (χ1n) is 12.4. The first-order valence-corrected chi connectivity index (χ1v) is 12.4. The number of furan rings is 1. The summed E-state index contributed by atoms with van der Waals surface area (Å²) >= 11 is 0. The summed E-state index contributed by atoms with van der Waals surface area (Å²) in [7, 11) is 0. The molecule has 8 atom stereocenters. The zero-order chi connectivity index (χ0) is 25.9. The van der Waals surface area contributed by atoms with E-state index in [0.717, 1.165) is 6.42 Å². The molecule has 10 nitrogen and oxygen atoms in total. The van der Waals surface area contributed by atoms with Crippen LogP contribution in [0.25, 0.3) is 0 Å². The van der Waals surface area contributed by atoms with E-state index in [2.05, 4.69) is 0 Å². The monoisotopic (exact) mass is 504 g/mol. The zero-order valence-electron chi connectivity index (χ0n) is 20.9. The van der Waals surface area contributed by atoms with Crippen LogP contribution in [-0.4, -0.2) is 54.9 Å². The smallest absolute Gasteiger partial charge is 0.304 e. The molecule has 2 saturated heterocycles. The number of rotatable bonds is 7. The van der Waals surface area contributed by atoms with Crippen molar-refractivity contribution in [1.82, 2.24) is 0 Å². The maximum Gasteiger partial charge on any atom is 0.304 e. The third-order valence-corrected chi connectivity index (χ3v) is 8.87. The van der Waals surface area contributed by atoms with E-state index in [1.165, 1.54) is 33.3 Å².